The van der Waals surface area contributed by atoms with Gasteiger partial charge in [0.1, 0.15) is 0 Å². The molecule has 0 radical (unpaired) electrons. The molecule has 0 aliphatic carbocycles. The number of hydrogen-bond acceptors (Lipinski definition) is 4. The minimum Gasteiger partial charge on any atom is -0.493 e. The van der Waals surface area contributed by atoms with Crippen LogP contribution >= 0.6 is 0 Å². The van der Waals surface area contributed by atoms with E-state index in [0.717, 1.165) is 42.6 Å². The Balaban J connectivity index is 1.75. The molecule has 3 rings (SSSR count). The molecule has 174 valence electrons. The third-order valence-electron chi connectivity index (χ3n) is 5.80. The first-order chi connectivity index (χ1) is 16.1. The van der Waals surface area contributed by atoms with Gasteiger partial charge in [0.05, 0.1) is 14.2 Å². The Bertz CT molecular complexity index is 1020. The maximum atomic E-state index is 11.0. The second-order valence-corrected chi connectivity index (χ2v) is 8.10. The van der Waals surface area contributed by atoms with Crippen molar-refractivity contribution in [1.82, 2.24) is 5.32 Å². The largest absolute Gasteiger partial charge is 0.493 e. The average molecular weight is 448 g/mol. The van der Waals surface area contributed by atoms with E-state index in [2.05, 4.69) is 47.8 Å². The van der Waals surface area contributed by atoms with Crippen LogP contribution in [-0.2, 0) is 17.6 Å². The number of carboxylic acids is 1. The Labute approximate surface area is 196 Å². The first-order valence-corrected chi connectivity index (χ1v) is 11.4. The summed E-state index contributed by atoms with van der Waals surface area (Å²) in [4.78, 5) is 11.0. The van der Waals surface area contributed by atoms with Crippen LogP contribution in [-0.4, -0.2) is 38.4 Å². The summed E-state index contributed by atoms with van der Waals surface area (Å²) in [5.41, 5.74) is 4.66. The fraction of sp³-hybridized carbons (Fsp3) is 0.321. The van der Waals surface area contributed by atoms with Crippen molar-refractivity contribution >= 4 is 5.97 Å². The summed E-state index contributed by atoms with van der Waals surface area (Å²) in [6.45, 7) is 1.68. The zero-order valence-corrected chi connectivity index (χ0v) is 19.4. The summed E-state index contributed by atoms with van der Waals surface area (Å²) in [6, 6.07) is 24.8. The lowest BCUT2D eigenvalue weighted by Crippen LogP contribution is -2.24. The van der Waals surface area contributed by atoms with Crippen molar-refractivity contribution in [2.75, 3.05) is 27.3 Å². The molecule has 0 fully saturated rings. The van der Waals surface area contributed by atoms with Crippen LogP contribution in [0.2, 0.25) is 0 Å². The van der Waals surface area contributed by atoms with Gasteiger partial charge in [0.25, 0.3) is 0 Å². The lowest BCUT2D eigenvalue weighted by Gasteiger charge is -2.21. The topological polar surface area (TPSA) is 67.8 Å². The van der Waals surface area contributed by atoms with Gasteiger partial charge in [-0.25, -0.2) is 0 Å². The van der Waals surface area contributed by atoms with Crippen molar-refractivity contribution in [1.29, 1.82) is 0 Å². The highest BCUT2D eigenvalue weighted by Crippen LogP contribution is 2.33. The highest BCUT2D eigenvalue weighted by Gasteiger charge is 2.17. The van der Waals surface area contributed by atoms with Gasteiger partial charge in [-0.3, -0.25) is 4.79 Å². The molecule has 5 nitrogen and oxygen atoms in total. The normalized spacial score (nSPS) is 11.7. The SMILES string of the molecule is COc1ccc(C(CNCCCc2ccccc2)c2cccc(CCC(=O)O)c2)cc1OC. The summed E-state index contributed by atoms with van der Waals surface area (Å²) in [5.74, 6) is 0.723. The fourth-order valence-corrected chi connectivity index (χ4v) is 4.02. The van der Waals surface area contributed by atoms with E-state index in [1.807, 2.05) is 30.3 Å². The molecule has 0 spiro atoms. The lowest BCUT2D eigenvalue weighted by atomic mass is 9.89. The van der Waals surface area contributed by atoms with Crippen molar-refractivity contribution in [2.45, 2.75) is 31.6 Å². The van der Waals surface area contributed by atoms with Crippen LogP contribution in [0, 0.1) is 0 Å². The molecular weight excluding hydrogens is 414 g/mol. The van der Waals surface area contributed by atoms with E-state index >= 15 is 0 Å². The maximum absolute atomic E-state index is 11.0. The van der Waals surface area contributed by atoms with Gasteiger partial charge in [0, 0.05) is 18.9 Å². The Kier molecular flexibility index (Phi) is 9.33. The molecule has 3 aromatic rings. The molecule has 5 heteroatoms. The number of ether oxygens (including phenoxy) is 2. The molecule has 33 heavy (non-hydrogen) atoms. The molecule has 0 aliphatic rings. The number of carboxylic acid groups (broad SMARTS) is 1. The molecule has 0 saturated heterocycles. The van der Waals surface area contributed by atoms with Crippen molar-refractivity contribution < 1.29 is 19.4 Å². The van der Waals surface area contributed by atoms with Crippen LogP contribution < -0.4 is 14.8 Å². The van der Waals surface area contributed by atoms with Gasteiger partial charge in [0.15, 0.2) is 11.5 Å². The number of nitrogens with one attached hydrogen (secondary N) is 1. The number of aryl methyl sites for hydroxylation is 2. The van der Waals surface area contributed by atoms with E-state index in [0.29, 0.717) is 17.9 Å². The Hall–Kier alpha value is -3.31. The third-order valence-corrected chi connectivity index (χ3v) is 5.80. The van der Waals surface area contributed by atoms with Crippen LogP contribution in [0.5, 0.6) is 11.5 Å². The van der Waals surface area contributed by atoms with Crippen LogP contribution in [0.3, 0.4) is 0 Å². The van der Waals surface area contributed by atoms with Gasteiger partial charge < -0.3 is 19.9 Å². The van der Waals surface area contributed by atoms with Crippen molar-refractivity contribution in [3.05, 3.63) is 95.1 Å². The smallest absolute Gasteiger partial charge is 0.303 e. The quantitative estimate of drug-likeness (QED) is 0.358. The van der Waals surface area contributed by atoms with Gasteiger partial charge in [-0.2, -0.15) is 0 Å². The lowest BCUT2D eigenvalue weighted by molar-refractivity contribution is -0.136. The molecule has 0 saturated carbocycles. The highest BCUT2D eigenvalue weighted by atomic mass is 16.5. The number of hydrogen-bond donors (Lipinski definition) is 2. The Morgan fingerprint density at radius 3 is 2.30 bits per heavy atom. The first-order valence-electron chi connectivity index (χ1n) is 11.4. The molecular formula is C28H33NO4. The Morgan fingerprint density at radius 2 is 1.58 bits per heavy atom. The predicted molar refractivity (Wildman–Crippen MR) is 131 cm³/mol. The minimum absolute atomic E-state index is 0.103. The molecule has 0 bridgehead atoms. The molecule has 0 aliphatic heterocycles. The van der Waals surface area contributed by atoms with Gasteiger partial charge >= 0.3 is 5.97 Å². The van der Waals surface area contributed by atoms with Crippen molar-refractivity contribution in [3.63, 3.8) is 0 Å². The van der Waals surface area contributed by atoms with E-state index in [-0.39, 0.29) is 12.3 Å². The van der Waals surface area contributed by atoms with E-state index in [9.17, 15) is 4.79 Å². The van der Waals surface area contributed by atoms with E-state index < -0.39 is 5.97 Å². The predicted octanol–water partition coefficient (Wildman–Crippen LogP) is 5.08. The molecule has 1 atom stereocenters. The minimum atomic E-state index is -0.781. The second kappa shape index (κ2) is 12.7. The summed E-state index contributed by atoms with van der Waals surface area (Å²) < 4.78 is 10.9. The highest BCUT2D eigenvalue weighted by molar-refractivity contribution is 5.67. The number of methoxy groups -OCH3 is 2. The average Bonchev–Trinajstić information content (AvgIpc) is 2.85. The number of rotatable bonds is 13. The van der Waals surface area contributed by atoms with Crippen molar-refractivity contribution in [2.24, 2.45) is 0 Å². The first kappa shape index (κ1) is 24.3. The molecule has 0 aromatic heterocycles. The standard InChI is InChI=1S/C28H33NO4/c1-32-26-15-14-24(19-27(26)33-2)25(20-29-17-7-11-21-8-4-3-5-9-21)23-12-6-10-22(18-23)13-16-28(30)31/h3-6,8-10,12,14-15,18-19,25,29H,7,11,13,16-17,20H2,1-2H3,(H,30,31). The maximum Gasteiger partial charge on any atom is 0.303 e. The zero-order valence-electron chi connectivity index (χ0n) is 19.4. The van der Waals surface area contributed by atoms with Gasteiger partial charge in [-0.05, 0) is 60.2 Å². The zero-order chi connectivity index (χ0) is 23.5. The van der Waals surface area contributed by atoms with E-state index in [4.69, 9.17) is 14.6 Å². The molecule has 3 aromatic carbocycles. The number of aliphatic carboxylic acids is 1. The number of carbonyl (C=O) groups is 1. The molecule has 1 unspecified atom stereocenters. The summed E-state index contributed by atoms with van der Waals surface area (Å²) in [7, 11) is 3.28. The summed E-state index contributed by atoms with van der Waals surface area (Å²) in [6.07, 6.45) is 2.75. The molecule has 0 amide bonds. The summed E-state index contributed by atoms with van der Waals surface area (Å²) in [5, 5.41) is 12.7. The monoisotopic (exact) mass is 447 g/mol. The van der Waals surface area contributed by atoms with Gasteiger partial charge in [-0.1, -0.05) is 60.7 Å². The van der Waals surface area contributed by atoms with Crippen LogP contribution in [0.25, 0.3) is 0 Å². The van der Waals surface area contributed by atoms with Gasteiger partial charge in [-0.15, -0.1) is 0 Å². The molecule has 2 N–H and O–H groups in total. The van der Waals surface area contributed by atoms with E-state index in [1.54, 1.807) is 14.2 Å². The van der Waals surface area contributed by atoms with Crippen LogP contribution in [0.15, 0.2) is 72.8 Å². The third kappa shape index (κ3) is 7.36. The fourth-order valence-electron chi connectivity index (χ4n) is 4.02. The van der Waals surface area contributed by atoms with Crippen LogP contribution in [0.1, 0.15) is 41.0 Å². The summed E-state index contributed by atoms with van der Waals surface area (Å²) >= 11 is 0. The Morgan fingerprint density at radius 1 is 0.848 bits per heavy atom. The van der Waals surface area contributed by atoms with Crippen LogP contribution in [0.4, 0.5) is 0 Å². The molecule has 0 heterocycles. The van der Waals surface area contributed by atoms with E-state index in [1.165, 1.54) is 5.56 Å². The van der Waals surface area contributed by atoms with Gasteiger partial charge in [0.2, 0.25) is 0 Å². The van der Waals surface area contributed by atoms with Crippen molar-refractivity contribution in [3.8, 4) is 11.5 Å². The second-order valence-electron chi connectivity index (χ2n) is 8.10. The number of benzene rings is 3.